The number of aryl methyl sites for hydroxylation is 2. The molecule has 94 valence electrons. The van der Waals surface area contributed by atoms with E-state index in [9.17, 15) is 9.90 Å². The Balaban J connectivity index is 2.15. The van der Waals surface area contributed by atoms with Crippen LogP contribution in [0.4, 0.5) is 0 Å². The zero-order valence-corrected chi connectivity index (χ0v) is 10.6. The summed E-state index contributed by atoms with van der Waals surface area (Å²) in [7, 11) is 0. The molecule has 0 amide bonds. The molecule has 2 unspecified atom stereocenters. The highest BCUT2D eigenvalue weighted by Crippen LogP contribution is 2.26. The number of pyridine rings is 1. The number of aliphatic hydroxyl groups is 1. The SMILES string of the molecule is Cc1cc(=O)cc(C)n1CC1CCCC(O)C1. The predicted octanol–water partition coefficient (Wildman–Crippen LogP) is 2.02. The average molecular weight is 235 g/mol. The Labute approximate surface area is 102 Å². The van der Waals surface area contributed by atoms with Crippen molar-refractivity contribution in [2.75, 3.05) is 0 Å². The topological polar surface area (TPSA) is 42.2 Å². The second-order valence-corrected chi connectivity index (χ2v) is 5.27. The van der Waals surface area contributed by atoms with Crippen molar-refractivity contribution in [3.63, 3.8) is 0 Å². The van der Waals surface area contributed by atoms with E-state index >= 15 is 0 Å². The van der Waals surface area contributed by atoms with Gasteiger partial charge in [-0.15, -0.1) is 0 Å². The van der Waals surface area contributed by atoms with Gasteiger partial charge in [0.05, 0.1) is 6.10 Å². The molecule has 1 N–H and O–H groups in total. The van der Waals surface area contributed by atoms with Gasteiger partial charge >= 0.3 is 0 Å². The third kappa shape index (κ3) is 2.97. The van der Waals surface area contributed by atoms with Gasteiger partial charge in [-0.3, -0.25) is 4.79 Å². The van der Waals surface area contributed by atoms with Crippen molar-refractivity contribution in [1.29, 1.82) is 0 Å². The lowest BCUT2D eigenvalue weighted by molar-refractivity contribution is 0.0949. The number of rotatable bonds is 2. The Kier molecular flexibility index (Phi) is 3.67. The molecule has 1 aliphatic rings. The van der Waals surface area contributed by atoms with Crippen LogP contribution in [0.3, 0.4) is 0 Å². The van der Waals surface area contributed by atoms with E-state index in [4.69, 9.17) is 0 Å². The van der Waals surface area contributed by atoms with E-state index < -0.39 is 0 Å². The molecular weight excluding hydrogens is 214 g/mol. The molecule has 0 bridgehead atoms. The van der Waals surface area contributed by atoms with Crippen molar-refractivity contribution in [2.24, 2.45) is 5.92 Å². The molecule has 1 aromatic heterocycles. The highest BCUT2D eigenvalue weighted by molar-refractivity contribution is 5.12. The zero-order chi connectivity index (χ0) is 12.4. The van der Waals surface area contributed by atoms with E-state index in [-0.39, 0.29) is 11.5 Å². The second kappa shape index (κ2) is 5.05. The molecule has 3 heteroatoms. The normalized spacial score (nSPS) is 24.9. The van der Waals surface area contributed by atoms with Gasteiger partial charge in [-0.25, -0.2) is 0 Å². The summed E-state index contributed by atoms with van der Waals surface area (Å²) in [4.78, 5) is 11.4. The van der Waals surface area contributed by atoms with Crippen LogP contribution < -0.4 is 5.43 Å². The maximum Gasteiger partial charge on any atom is 0.182 e. The lowest BCUT2D eigenvalue weighted by atomic mass is 9.87. The quantitative estimate of drug-likeness (QED) is 0.852. The summed E-state index contributed by atoms with van der Waals surface area (Å²) in [5, 5.41) is 9.68. The Hall–Kier alpha value is -1.09. The molecule has 2 rings (SSSR count). The smallest absolute Gasteiger partial charge is 0.182 e. The van der Waals surface area contributed by atoms with Crippen molar-refractivity contribution in [2.45, 2.75) is 52.2 Å². The molecule has 2 atom stereocenters. The van der Waals surface area contributed by atoms with Gasteiger partial charge < -0.3 is 9.67 Å². The second-order valence-electron chi connectivity index (χ2n) is 5.27. The van der Waals surface area contributed by atoms with E-state index in [0.29, 0.717) is 5.92 Å². The van der Waals surface area contributed by atoms with Crippen molar-refractivity contribution < 1.29 is 5.11 Å². The maximum absolute atomic E-state index is 11.4. The summed E-state index contributed by atoms with van der Waals surface area (Å²) < 4.78 is 2.20. The summed E-state index contributed by atoms with van der Waals surface area (Å²) in [6, 6.07) is 3.37. The van der Waals surface area contributed by atoms with Crippen LogP contribution >= 0.6 is 0 Å². The van der Waals surface area contributed by atoms with Crippen LogP contribution in [0.5, 0.6) is 0 Å². The van der Waals surface area contributed by atoms with E-state index in [1.807, 2.05) is 13.8 Å². The van der Waals surface area contributed by atoms with Gasteiger partial charge in [0.25, 0.3) is 0 Å². The van der Waals surface area contributed by atoms with Gasteiger partial charge in [0.2, 0.25) is 0 Å². The maximum atomic E-state index is 11.4. The molecule has 1 aromatic rings. The molecule has 0 spiro atoms. The molecule has 0 aromatic carbocycles. The minimum absolute atomic E-state index is 0.0833. The molecule has 1 heterocycles. The molecule has 0 aliphatic heterocycles. The molecule has 1 saturated carbocycles. The van der Waals surface area contributed by atoms with E-state index in [1.54, 1.807) is 12.1 Å². The first kappa shape index (κ1) is 12.4. The third-order valence-electron chi connectivity index (χ3n) is 3.75. The third-order valence-corrected chi connectivity index (χ3v) is 3.75. The first-order valence-electron chi connectivity index (χ1n) is 6.42. The largest absolute Gasteiger partial charge is 0.393 e. The molecule has 17 heavy (non-hydrogen) atoms. The van der Waals surface area contributed by atoms with Gasteiger partial charge in [0.15, 0.2) is 5.43 Å². The van der Waals surface area contributed by atoms with Gasteiger partial charge in [-0.1, -0.05) is 6.42 Å². The van der Waals surface area contributed by atoms with Gasteiger partial charge in [0, 0.05) is 30.1 Å². The van der Waals surface area contributed by atoms with Crippen LogP contribution in [-0.4, -0.2) is 15.8 Å². The summed E-state index contributed by atoms with van der Waals surface area (Å²) in [6.07, 6.45) is 4.00. The molecule has 0 radical (unpaired) electrons. The fourth-order valence-electron chi connectivity index (χ4n) is 2.86. The Morgan fingerprint density at radius 3 is 2.53 bits per heavy atom. The average Bonchev–Trinajstić information content (AvgIpc) is 2.23. The summed E-state index contributed by atoms with van der Waals surface area (Å²) in [5.41, 5.74) is 2.13. The molecular formula is C14H21NO2. The summed E-state index contributed by atoms with van der Waals surface area (Å²) in [6.45, 7) is 4.89. The fraction of sp³-hybridized carbons (Fsp3) is 0.643. The standard InChI is InChI=1S/C14H21NO2/c1-10-6-14(17)7-11(2)15(10)9-12-4-3-5-13(16)8-12/h6-7,12-13,16H,3-5,8-9H2,1-2H3. The van der Waals surface area contributed by atoms with Crippen LogP contribution in [0, 0.1) is 19.8 Å². The lowest BCUT2D eigenvalue weighted by Crippen LogP contribution is -2.25. The highest BCUT2D eigenvalue weighted by Gasteiger charge is 2.20. The minimum atomic E-state index is -0.131. The Morgan fingerprint density at radius 2 is 1.94 bits per heavy atom. The molecule has 0 saturated heterocycles. The van der Waals surface area contributed by atoms with Gasteiger partial charge in [0.1, 0.15) is 0 Å². The van der Waals surface area contributed by atoms with Crippen molar-refractivity contribution in [3.8, 4) is 0 Å². The molecule has 3 nitrogen and oxygen atoms in total. The summed E-state index contributed by atoms with van der Waals surface area (Å²) in [5.74, 6) is 0.540. The monoisotopic (exact) mass is 235 g/mol. The van der Waals surface area contributed by atoms with Gasteiger partial charge in [-0.05, 0) is 39.0 Å². The van der Waals surface area contributed by atoms with Crippen LogP contribution in [0.1, 0.15) is 37.1 Å². The number of hydrogen-bond acceptors (Lipinski definition) is 2. The van der Waals surface area contributed by atoms with Crippen molar-refractivity contribution in [1.82, 2.24) is 4.57 Å². The number of aromatic nitrogens is 1. The minimum Gasteiger partial charge on any atom is -0.393 e. The van der Waals surface area contributed by atoms with E-state index in [2.05, 4.69) is 4.57 Å². The van der Waals surface area contributed by atoms with Crippen molar-refractivity contribution >= 4 is 0 Å². The summed E-state index contributed by atoms with van der Waals surface area (Å²) >= 11 is 0. The Morgan fingerprint density at radius 1 is 1.29 bits per heavy atom. The van der Waals surface area contributed by atoms with E-state index in [1.165, 1.54) is 6.42 Å². The fourth-order valence-corrected chi connectivity index (χ4v) is 2.86. The number of hydrogen-bond donors (Lipinski definition) is 1. The molecule has 1 aliphatic carbocycles. The number of nitrogens with zero attached hydrogens (tertiary/aromatic N) is 1. The van der Waals surface area contributed by atoms with E-state index in [0.717, 1.165) is 37.2 Å². The Bertz CT molecular complexity index is 424. The lowest BCUT2D eigenvalue weighted by Gasteiger charge is -2.28. The van der Waals surface area contributed by atoms with Crippen LogP contribution in [-0.2, 0) is 6.54 Å². The first-order chi connectivity index (χ1) is 8.06. The van der Waals surface area contributed by atoms with Crippen LogP contribution in [0.2, 0.25) is 0 Å². The highest BCUT2D eigenvalue weighted by atomic mass is 16.3. The molecule has 1 fully saturated rings. The van der Waals surface area contributed by atoms with Crippen molar-refractivity contribution in [3.05, 3.63) is 33.7 Å². The van der Waals surface area contributed by atoms with Crippen LogP contribution in [0.15, 0.2) is 16.9 Å². The first-order valence-corrected chi connectivity index (χ1v) is 6.42. The predicted molar refractivity (Wildman–Crippen MR) is 68.1 cm³/mol. The van der Waals surface area contributed by atoms with Crippen LogP contribution in [0.25, 0.3) is 0 Å². The zero-order valence-electron chi connectivity index (χ0n) is 10.6. The van der Waals surface area contributed by atoms with Gasteiger partial charge in [-0.2, -0.15) is 0 Å². The number of aliphatic hydroxyl groups excluding tert-OH is 1.